The zero-order valence-electron chi connectivity index (χ0n) is 14.3. The van der Waals surface area contributed by atoms with E-state index in [9.17, 15) is 4.79 Å². The van der Waals surface area contributed by atoms with Crippen LogP contribution < -0.4 is 0 Å². The van der Waals surface area contributed by atoms with E-state index in [1.165, 1.54) is 56.7 Å². The number of rotatable bonds is 13. The van der Waals surface area contributed by atoms with Crippen LogP contribution in [-0.4, -0.2) is 14.3 Å². The van der Waals surface area contributed by atoms with E-state index >= 15 is 0 Å². The lowest BCUT2D eigenvalue weighted by atomic mass is 10.3. The van der Waals surface area contributed by atoms with Crippen molar-refractivity contribution in [2.75, 3.05) is 0 Å². The van der Waals surface area contributed by atoms with Gasteiger partial charge in [0.05, 0.1) is 0 Å². The Kier molecular flexibility index (Phi) is 12.2. The summed E-state index contributed by atoms with van der Waals surface area (Å²) in [6.45, 7) is 8.83. The molecule has 20 heavy (non-hydrogen) atoms. The van der Waals surface area contributed by atoms with E-state index in [1.54, 1.807) is 0 Å². The molecule has 0 atom stereocenters. The molecule has 0 fully saturated rings. The zero-order valence-corrected chi connectivity index (χ0v) is 15.3. The summed E-state index contributed by atoms with van der Waals surface area (Å²) in [4.78, 5) is 12.1. The topological polar surface area (TPSA) is 26.3 Å². The van der Waals surface area contributed by atoms with E-state index in [4.69, 9.17) is 4.43 Å². The van der Waals surface area contributed by atoms with Crippen LogP contribution >= 0.6 is 0 Å². The maximum Gasteiger partial charge on any atom is 0.292 e. The van der Waals surface area contributed by atoms with Crippen LogP contribution in [0.4, 0.5) is 0 Å². The van der Waals surface area contributed by atoms with Crippen molar-refractivity contribution >= 4 is 14.3 Å². The van der Waals surface area contributed by atoms with Gasteiger partial charge in [-0.3, -0.25) is 4.79 Å². The summed E-state index contributed by atoms with van der Waals surface area (Å²) >= 11 is 0. The van der Waals surface area contributed by atoms with Crippen LogP contribution in [0.5, 0.6) is 0 Å². The fourth-order valence-corrected chi connectivity index (χ4v) is 7.27. The van der Waals surface area contributed by atoms with Crippen molar-refractivity contribution in [2.45, 2.75) is 104 Å². The average molecular weight is 301 g/mol. The molecule has 0 aromatic carbocycles. The normalized spacial score (nSPS) is 11.6. The number of carbonyl (C=O) groups excluding carboxylic acids is 1. The van der Waals surface area contributed by atoms with Crippen molar-refractivity contribution in [3.63, 3.8) is 0 Å². The van der Waals surface area contributed by atoms with Gasteiger partial charge >= 0.3 is 0 Å². The van der Waals surface area contributed by atoms with E-state index < -0.39 is 8.32 Å². The predicted octanol–water partition coefficient (Wildman–Crippen LogP) is 6.07. The van der Waals surface area contributed by atoms with E-state index in [-0.39, 0.29) is 5.97 Å². The monoisotopic (exact) mass is 300 g/mol. The van der Waals surface area contributed by atoms with Crippen LogP contribution in [0.3, 0.4) is 0 Å². The Morgan fingerprint density at radius 2 is 1.15 bits per heavy atom. The van der Waals surface area contributed by atoms with Crippen LogP contribution in [0, 0.1) is 0 Å². The smallest absolute Gasteiger partial charge is 0.292 e. The van der Waals surface area contributed by atoms with Crippen LogP contribution in [0.25, 0.3) is 0 Å². The fourth-order valence-electron chi connectivity index (χ4n) is 2.64. The summed E-state index contributed by atoms with van der Waals surface area (Å²) in [7, 11) is -1.82. The van der Waals surface area contributed by atoms with Gasteiger partial charge in [-0.05, 0) is 24.6 Å². The Labute approximate surface area is 127 Å². The van der Waals surface area contributed by atoms with Gasteiger partial charge in [0.15, 0.2) is 0 Å². The lowest BCUT2D eigenvalue weighted by Gasteiger charge is -2.31. The molecule has 0 N–H and O–H groups in total. The number of unbranched alkanes of at least 4 members (excludes halogenated alkanes) is 4. The highest BCUT2D eigenvalue weighted by Crippen LogP contribution is 2.30. The molecule has 0 aliphatic carbocycles. The van der Waals surface area contributed by atoms with Gasteiger partial charge in [-0.2, -0.15) is 0 Å². The first kappa shape index (κ1) is 19.7. The van der Waals surface area contributed by atoms with Crippen molar-refractivity contribution in [3.8, 4) is 0 Å². The minimum atomic E-state index is -1.82. The summed E-state index contributed by atoms with van der Waals surface area (Å²) in [6, 6.07) is 3.55. The maximum atomic E-state index is 12.1. The molecule has 3 heteroatoms. The van der Waals surface area contributed by atoms with E-state index in [1.807, 2.05) is 0 Å². The molecule has 0 saturated carbocycles. The molecule has 120 valence electrons. The standard InChI is InChI=1S/C17H36O2Si/c1-5-9-13-17(18)19-20(14-10-6-2,15-11-7-3)16-12-8-4/h5-16H2,1-4H3. The quantitative estimate of drug-likeness (QED) is 0.386. The molecule has 0 aromatic heterocycles. The number of carbonyl (C=O) groups is 1. The maximum absolute atomic E-state index is 12.1. The molecule has 0 aromatic rings. The van der Waals surface area contributed by atoms with Crippen molar-refractivity contribution in [1.82, 2.24) is 0 Å². The molecule has 0 aliphatic heterocycles. The molecule has 0 aliphatic rings. The third kappa shape index (κ3) is 8.78. The molecular weight excluding hydrogens is 264 g/mol. The Balaban J connectivity index is 4.68. The van der Waals surface area contributed by atoms with Gasteiger partial charge in [0, 0.05) is 6.42 Å². The summed E-state index contributed by atoms with van der Waals surface area (Å²) in [5.74, 6) is 0.0850. The Morgan fingerprint density at radius 1 is 0.750 bits per heavy atom. The first-order chi connectivity index (χ1) is 9.64. The highest BCUT2D eigenvalue weighted by atomic mass is 28.4. The van der Waals surface area contributed by atoms with Gasteiger partial charge in [0.25, 0.3) is 14.3 Å². The van der Waals surface area contributed by atoms with E-state index in [0.717, 1.165) is 12.8 Å². The second-order valence-electron chi connectivity index (χ2n) is 6.07. The highest BCUT2D eigenvalue weighted by Gasteiger charge is 2.36. The van der Waals surface area contributed by atoms with Crippen LogP contribution in [0.2, 0.25) is 18.1 Å². The molecule has 0 radical (unpaired) electrons. The number of hydrogen-bond acceptors (Lipinski definition) is 2. The van der Waals surface area contributed by atoms with Gasteiger partial charge in [-0.25, -0.2) is 0 Å². The molecule has 0 saturated heterocycles. The average Bonchev–Trinajstić information content (AvgIpc) is 2.46. The second kappa shape index (κ2) is 12.4. The Morgan fingerprint density at radius 3 is 1.50 bits per heavy atom. The van der Waals surface area contributed by atoms with Gasteiger partial charge in [0.2, 0.25) is 0 Å². The Bertz CT molecular complexity index is 219. The fraction of sp³-hybridized carbons (Fsp3) is 0.941. The van der Waals surface area contributed by atoms with Crippen LogP contribution in [-0.2, 0) is 9.22 Å². The SMILES string of the molecule is CCCCC(=O)O[Si](CCCC)(CCCC)CCCC. The summed E-state index contributed by atoms with van der Waals surface area (Å²) in [5, 5.41) is 0. The highest BCUT2D eigenvalue weighted by molar-refractivity contribution is 6.75. The largest absolute Gasteiger partial charge is 0.519 e. The molecule has 0 rings (SSSR count). The second-order valence-corrected chi connectivity index (χ2v) is 10.1. The first-order valence-electron chi connectivity index (χ1n) is 8.86. The number of hydrogen-bond donors (Lipinski definition) is 0. The lowest BCUT2D eigenvalue weighted by molar-refractivity contribution is -0.135. The first-order valence-corrected chi connectivity index (χ1v) is 11.4. The van der Waals surface area contributed by atoms with Gasteiger partial charge in [-0.1, -0.05) is 72.6 Å². The molecular formula is C17H36O2Si. The van der Waals surface area contributed by atoms with Gasteiger partial charge in [0.1, 0.15) is 0 Å². The van der Waals surface area contributed by atoms with Crippen molar-refractivity contribution < 1.29 is 9.22 Å². The minimum Gasteiger partial charge on any atom is -0.519 e. The molecule has 0 spiro atoms. The van der Waals surface area contributed by atoms with Crippen LogP contribution in [0.1, 0.15) is 85.5 Å². The third-order valence-electron chi connectivity index (χ3n) is 4.02. The molecule has 0 heterocycles. The third-order valence-corrected chi connectivity index (χ3v) is 8.48. The van der Waals surface area contributed by atoms with Gasteiger partial charge in [-0.15, -0.1) is 0 Å². The molecule has 0 bridgehead atoms. The minimum absolute atomic E-state index is 0.0850. The Hall–Kier alpha value is -0.313. The summed E-state index contributed by atoms with van der Waals surface area (Å²) in [6.07, 6.45) is 9.96. The predicted molar refractivity (Wildman–Crippen MR) is 90.5 cm³/mol. The van der Waals surface area contributed by atoms with E-state index in [0.29, 0.717) is 6.42 Å². The molecule has 0 amide bonds. The van der Waals surface area contributed by atoms with Crippen LogP contribution in [0.15, 0.2) is 0 Å². The van der Waals surface area contributed by atoms with Crippen molar-refractivity contribution in [2.24, 2.45) is 0 Å². The van der Waals surface area contributed by atoms with Crippen molar-refractivity contribution in [3.05, 3.63) is 0 Å². The zero-order chi connectivity index (χ0) is 15.3. The van der Waals surface area contributed by atoms with Crippen molar-refractivity contribution in [1.29, 1.82) is 0 Å². The van der Waals surface area contributed by atoms with E-state index in [2.05, 4.69) is 27.7 Å². The van der Waals surface area contributed by atoms with Gasteiger partial charge < -0.3 is 4.43 Å². The molecule has 2 nitrogen and oxygen atoms in total. The lowest BCUT2D eigenvalue weighted by Crippen LogP contribution is -2.40. The summed E-state index contributed by atoms with van der Waals surface area (Å²) < 4.78 is 6.15. The molecule has 0 unspecified atom stereocenters. The summed E-state index contributed by atoms with van der Waals surface area (Å²) in [5.41, 5.74) is 0.